The molecule has 6 nitrogen and oxygen atoms in total. The van der Waals surface area contributed by atoms with Crippen LogP contribution in [-0.2, 0) is 16.4 Å². The topological polar surface area (TPSA) is 79.8 Å². The van der Waals surface area contributed by atoms with Crippen molar-refractivity contribution in [3.05, 3.63) is 46.7 Å². The summed E-state index contributed by atoms with van der Waals surface area (Å²) in [5.41, 5.74) is 1.18. The van der Waals surface area contributed by atoms with E-state index in [4.69, 9.17) is 4.74 Å². The highest BCUT2D eigenvalue weighted by molar-refractivity contribution is 7.90. The number of hydrogen-bond donors (Lipinski definition) is 2. The first kappa shape index (κ1) is 19.3. The van der Waals surface area contributed by atoms with E-state index < -0.39 is 9.84 Å². The average molecular weight is 382 g/mol. The Morgan fingerprint density at radius 2 is 1.96 bits per heavy atom. The summed E-state index contributed by atoms with van der Waals surface area (Å²) in [6, 6.07) is 8.47. The van der Waals surface area contributed by atoms with Gasteiger partial charge in [-0.15, -0.1) is 0 Å². The van der Waals surface area contributed by atoms with Crippen LogP contribution >= 0.6 is 11.3 Å². The molecule has 0 bridgehead atoms. The number of ether oxygens (including phenoxy) is 1. The van der Waals surface area contributed by atoms with Gasteiger partial charge in [0.25, 0.3) is 0 Å². The quantitative estimate of drug-likeness (QED) is 0.417. The molecule has 2 N–H and O–H groups in total. The second-order valence-corrected chi connectivity index (χ2v) is 8.14. The van der Waals surface area contributed by atoms with Gasteiger partial charge in [0.05, 0.1) is 18.0 Å². The molecule has 0 radical (unpaired) electrons. The largest absolute Gasteiger partial charge is 0.492 e. The summed E-state index contributed by atoms with van der Waals surface area (Å²) in [5, 5.41) is 10.5. The lowest BCUT2D eigenvalue weighted by atomic mass is 10.3. The van der Waals surface area contributed by atoms with Gasteiger partial charge < -0.3 is 15.4 Å². The zero-order chi connectivity index (χ0) is 18.1. The SMILES string of the molecule is CCNC(=NCc1ccsc1)NCCOc1ccc(S(C)(=O)=O)cc1. The van der Waals surface area contributed by atoms with Crippen molar-refractivity contribution in [3.8, 4) is 5.75 Å². The Kier molecular flexibility index (Phi) is 7.27. The van der Waals surface area contributed by atoms with Crippen molar-refractivity contribution in [1.29, 1.82) is 0 Å². The molecular formula is C17H23N3O3S2. The number of hydrogen-bond acceptors (Lipinski definition) is 5. The summed E-state index contributed by atoms with van der Waals surface area (Å²) in [6.45, 7) is 4.46. The maximum absolute atomic E-state index is 11.4. The Hall–Kier alpha value is -2.06. The molecule has 1 aromatic heterocycles. The third-order valence-corrected chi connectivity index (χ3v) is 5.12. The molecule has 2 rings (SSSR count). The standard InChI is InChI=1S/C17H23N3O3S2/c1-3-18-17(20-12-14-8-11-24-13-14)19-9-10-23-15-4-6-16(7-5-15)25(2,21)22/h4-8,11,13H,3,9-10,12H2,1-2H3,(H2,18,19,20). The summed E-state index contributed by atoms with van der Waals surface area (Å²) < 4.78 is 28.4. The Bertz CT molecular complexity index is 770. The predicted molar refractivity (Wildman–Crippen MR) is 102 cm³/mol. The third kappa shape index (κ3) is 6.75. The van der Waals surface area contributed by atoms with E-state index in [1.165, 1.54) is 11.8 Å². The van der Waals surface area contributed by atoms with E-state index in [0.717, 1.165) is 12.5 Å². The molecule has 0 spiro atoms. The molecule has 1 heterocycles. The first-order valence-corrected chi connectivity index (χ1v) is 10.8. The van der Waals surface area contributed by atoms with E-state index in [-0.39, 0.29) is 4.90 Å². The molecule has 0 unspecified atom stereocenters. The molecule has 136 valence electrons. The smallest absolute Gasteiger partial charge is 0.191 e. The van der Waals surface area contributed by atoms with Crippen molar-refractivity contribution in [2.45, 2.75) is 18.4 Å². The Labute approximate surface area is 152 Å². The van der Waals surface area contributed by atoms with Crippen LogP contribution in [0.15, 0.2) is 51.0 Å². The molecule has 8 heteroatoms. The van der Waals surface area contributed by atoms with Crippen LogP contribution in [0.25, 0.3) is 0 Å². The normalized spacial score (nSPS) is 12.0. The monoisotopic (exact) mass is 381 g/mol. The van der Waals surface area contributed by atoms with E-state index in [2.05, 4.69) is 27.1 Å². The molecule has 0 aliphatic carbocycles. The Morgan fingerprint density at radius 1 is 1.20 bits per heavy atom. The van der Waals surface area contributed by atoms with Crippen LogP contribution in [-0.4, -0.2) is 40.3 Å². The number of guanidine groups is 1. The molecule has 0 saturated carbocycles. The maximum Gasteiger partial charge on any atom is 0.191 e. The second kappa shape index (κ2) is 9.43. The van der Waals surface area contributed by atoms with Gasteiger partial charge in [0, 0.05) is 12.8 Å². The highest BCUT2D eigenvalue weighted by Crippen LogP contribution is 2.15. The molecule has 0 fully saturated rings. The van der Waals surface area contributed by atoms with Gasteiger partial charge in [-0.1, -0.05) is 0 Å². The molecule has 0 aliphatic rings. The minimum atomic E-state index is -3.18. The van der Waals surface area contributed by atoms with Gasteiger partial charge in [-0.3, -0.25) is 0 Å². The van der Waals surface area contributed by atoms with E-state index >= 15 is 0 Å². The van der Waals surface area contributed by atoms with Crippen molar-refractivity contribution in [3.63, 3.8) is 0 Å². The summed E-state index contributed by atoms with van der Waals surface area (Å²) in [6.07, 6.45) is 1.18. The number of rotatable bonds is 8. The zero-order valence-electron chi connectivity index (χ0n) is 14.4. The van der Waals surface area contributed by atoms with Gasteiger partial charge >= 0.3 is 0 Å². The number of thiophene rings is 1. The zero-order valence-corrected chi connectivity index (χ0v) is 16.0. The summed E-state index contributed by atoms with van der Waals surface area (Å²) in [4.78, 5) is 4.80. The third-order valence-electron chi connectivity index (χ3n) is 3.26. The van der Waals surface area contributed by atoms with Crippen LogP contribution in [0.4, 0.5) is 0 Å². The Morgan fingerprint density at radius 3 is 2.56 bits per heavy atom. The lowest BCUT2D eigenvalue weighted by molar-refractivity contribution is 0.321. The van der Waals surface area contributed by atoms with E-state index in [9.17, 15) is 8.42 Å². The van der Waals surface area contributed by atoms with Crippen molar-refractivity contribution in [2.75, 3.05) is 26.0 Å². The molecule has 0 amide bonds. The van der Waals surface area contributed by atoms with E-state index in [1.54, 1.807) is 35.6 Å². The first-order valence-electron chi connectivity index (χ1n) is 7.95. The van der Waals surface area contributed by atoms with Gasteiger partial charge in [-0.25, -0.2) is 13.4 Å². The number of benzene rings is 1. The van der Waals surface area contributed by atoms with Gasteiger partial charge in [0.15, 0.2) is 15.8 Å². The van der Waals surface area contributed by atoms with Crippen LogP contribution in [0.2, 0.25) is 0 Å². The molecular weight excluding hydrogens is 358 g/mol. The van der Waals surface area contributed by atoms with Crippen molar-refractivity contribution >= 4 is 27.1 Å². The van der Waals surface area contributed by atoms with Crippen molar-refractivity contribution in [1.82, 2.24) is 10.6 Å². The van der Waals surface area contributed by atoms with Gasteiger partial charge in [-0.2, -0.15) is 11.3 Å². The molecule has 1 aromatic carbocycles. The number of sulfone groups is 1. The minimum absolute atomic E-state index is 0.285. The fraction of sp³-hybridized carbons (Fsp3) is 0.353. The van der Waals surface area contributed by atoms with Gasteiger partial charge in [-0.05, 0) is 53.6 Å². The predicted octanol–water partition coefficient (Wildman–Crippen LogP) is 2.29. The fourth-order valence-electron chi connectivity index (χ4n) is 2.02. The maximum atomic E-state index is 11.4. The van der Waals surface area contributed by atoms with E-state index in [0.29, 0.717) is 25.4 Å². The highest BCUT2D eigenvalue weighted by Gasteiger charge is 2.06. The molecule has 0 aliphatic heterocycles. The van der Waals surface area contributed by atoms with Crippen LogP contribution in [0, 0.1) is 0 Å². The van der Waals surface area contributed by atoms with Crippen molar-refractivity contribution < 1.29 is 13.2 Å². The first-order chi connectivity index (χ1) is 12.0. The fourth-order valence-corrected chi connectivity index (χ4v) is 3.31. The summed E-state index contributed by atoms with van der Waals surface area (Å²) >= 11 is 1.66. The average Bonchev–Trinajstić information content (AvgIpc) is 3.09. The number of aliphatic imine (C=N–C) groups is 1. The number of nitrogens with one attached hydrogen (secondary N) is 2. The molecule has 0 saturated heterocycles. The van der Waals surface area contributed by atoms with Crippen LogP contribution in [0.5, 0.6) is 5.75 Å². The lowest BCUT2D eigenvalue weighted by Crippen LogP contribution is -2.39. The molecule has 2 aromatic rings. The highest BCUT2D eigenvalue weighted by atomic mass is 32.2. The summed E-state index contributed by atoms with van der Waals surface area (Å²) in [5.74, 6) is 1.37. The van der Waals surface area contributed by atoms with Crippen LogP contribution < -0.4 is 15.4 Å². The van der Waals surface area contributed by atoms with Crippen molar-refractivity contribution in [2.24, 2.45) is 4.99 Å². The lowest BCUT2D eigenvalue weighted by Gasteiger charge is -2.12. The van der Waals surface area contributed by atoms with Gasteiger partial charge in [0.1, 0.15) is 12.4 Å². The minimum Gasteiger partial charge on any atom is -0.492 e. The van der Waals surface area contributed by atoms with Crippen LogP contribution in [0.1, 0.15) is 12.5 Å². The molecule has 25 heavy (non-hydrogen) atoms. The number of nitrogens with zero attached hydrogens (tertiary/aromatic N) is 1. The van der Waals surface area contributed by atoms with Crippen LogP contribution in [0.3, 0.4) is 0 Å². The van der Waals surface area contributed by atoms with E-state index in [1.807, 2.05) is 12.3 Å². The molecule has 0 atom stereocenters. The van der Waals surface area contributed by atoms with Gasteiger partial charge in [0.2, 0.25) is 0 Å². The summed E-state index contributed by atoms with van der Waals surface area (Å²) in [7, 11) is -3.18. The Balaban J connectivity index is 1.78. The second-order valence-electron chi connectivity index (χ2n) is 5.35.